The van der Waals surface area contributed by atoms with E-state index in [1.807, 2.05) is 8.93 Å². The second-order valence-corrected chi connectivity index (χ2v) is 4.79. The highest BCUT2D eigenvalue weighted by atomic mass is 127. The molecule has 0 aliphatic heterocycles. The van der Waals surface area contributed by atoms with Crippen molar-refractivity contribution in [3.05, 3.63) is 22.1 Å². The molecule has 2 aliphatic rings. The molecule has 0 nitrogen and oxygen atoms in total. The summed E-state index contributed by atoms with van der Waals surface area (Å²) < 4.78 is 0. The monoisotopic (exact) mass is 264 g/mol. The van der Waals surface area contributed by atoms with E-state index in [4.69, 9.17) is 0 Å². The predicted octanol–water partition coefficient (Wildman–Crippen LogP) is 3.84. The summed E-state index contributed by atoms with van der Waals surface area (Å²) in [5.41, 5.74) is 3.36. The van der Waals surface area contributed by atoms with Gasteiger partial charge in [0.15, 0.2) is 0 Å². The minimum Gasteiger partial charge on any atom is -0.0650 e. The first-order valence-electron chi connectivity index (χ1n) is 3.60. The number of hydrogen-bond donors (Lipinski definition) is 0. The number of hydrogen-bond acceptors (Lipinski definition) is 1. The van der Waals surface area contributed by atoms with Crippen LogP contribution in [-0.4, -0.2) is 0 Å². The Bertz CT molecular complexity index is 215. The maximum atomic E-state index is 2.39. The van der Waals surface area contributed by atoms with Crippen LogP contribution in [0.25, 0.3) is 0 Å². The lowest BCUT2D eigenvalue weighted by atomic mass is 9.95. The van der Waals surface area contributed by atoms with E-state index in [0.29, 0.717) is 0 Å². The first kappa shape index (κ1) is 7.22. The Morgan fingerprint density at radius 2 is 2.30 bits per heavy atom. The van der Waals surface area contributed by atoms with Gasteiger partial charge >= 0.3 is 0 Å². The van der Waals surface area contributed by atoms with E-state index < -0.39 is 0 Å². The van der Waals surface area contributed by atoms with Gasteiger partial charge in [0.2, 0.25) is 0 Å². The molecule has 2 bridgehead atoms. The van der Waals surface area contributed by atoms with Crippen LogP contribution in [0.3, 0.4) is 0 Å². The second-order valence-electron chi connectivity index (χ2n) is 2.88. The van der Waals surface area contributed by atoms with E-state index in [-0.39, 0.29) is 0 Å². The van der Waals surface area contributed by atoms with Crippen LogP contribution in [0.5, 0.6) is 0 Å². The average Bonchev–Trinajstić information content (AvgIpc) is 2.26. The van der Waals surface area contributed by atoms with Crippen molar-refractivity contribution < 1.29 is 0 Å². The summed E-state index contributed by atoms with van der Waals surface area (Å²) in [4.78, 5) is 1.55. The summed E-state index contributed by atoms with van der Waals surface area (Å²) >= 11 is 2.38. The second kappa shape index (κ2) is 2.89. The predicted molar refractivity (Wildman–Crippen MR) is 55.2 cm³/mol. The van der Waals surface area contributed by atoms with Crippen LogP contribution < -0.4 is 0 Å². The fourth-order valence-corrected chi connectivity index (χ4v) is 3.49. The zero-order valence-corrected chi connectivity index (χ0v) is 8.67. The number of allylic oxidation sites excluding steroid dienone is 3. The van der Waals surface area contributed by atoms with Crippen molar-refractivity contribution in [1.82, 2.24) is 0 Å². The minimum atomic E-state index is 1.30. The molecule has 54 valence electrons. The molecule has 2 rings (SSSR count). The molecule has 10 heavy (non-hydrogen) atoms. The van der Waals surface area contributed by atoms with Gasteiger partial charge in [-0.05, 0) is 31.8 Å². The normalized spacial score (nSPS) is 23.5. The molecule has 0 atom stereocenters. The van der Waals surface area contributed by atoms with Gasteiger partial charge in [-0.15, -0.1) is 0 Å². The van der Waals surface area contributed by atoms with Gasteiger partial charge in [0.25, 0.3) is 0 Å². The van der Waals surface area contributed by atoms with Crippen LogP contribution in [-0.2, 0) is 0 Å². The van der Waals surface area contributed by atoms with Crippen molar-refractivity contribution in [2.75, 3.05) is 0 Å². The van der Waals surface area contributed by atoms with Crippen LogP contribution >= 0.6 is 30.1 Å². The topological polar surface area (TPSA) is 0 Å². The Labute approximate surface area is 77.7 Å². The molecule has 0 unspecified atom stereocenters. The van der Waals surface area contributed by atoms with E-state index in [0.717, 1.165) is 0 Å². The van der Waals surface area contributed by atoms with Crippen molar-refractivity contribution in [3.8, 4) is 0 Å². The third kappa shape index (κ3) is 1.16. The van der Waals surface area contributed by atoms with Crippen LogP contribution in [0, 0.1) is 0 Å². The lowest BCUT2D eigenvalue weighted by molar-refractivity contribution is 0.726. The van der Waals surface area contributed by atoms with E-state index in [1.54, 1.807) is 16.1 Å². The first-order valence-corrected chi connectivity index (χ1v) is 6.96. The minimum absolute atomic E-state index is 1.30. The summed E-state index contributed by atoms with van der Waals surface area (Å²) in [5.74, 6) is 0. The fraction of sp³-hybridized carbons (Fsp3) is 0.500. The summed E-state index contributed by atoms with van der Waals surface area (Å²) in [6, 6.07) is 0. The summed E-state index contributed by atoms with van der Waals surface area (Å²) in [6.07, 6.45) is 7.78. The molecule has 0 amide bonds. The highest BCUT2D eigenvalue weighted by molar-refractivity contribution is 14.2. The molecule has 0 aromatic heterocycles. The largest absolute Gasteiger partial charge is 0.0650 e. The number of rotatable bonds is 1. The Kier molecular flexibility index (Phi) is 2.09. The molecule has 0 spiro atoms. The quantitative estimate of drug-likeness (QED) is 0.648. The van der Waals surface area contributed by atoms with E-state index in [2.05, 4.69) is 27.3 Å². The van der Waals surface area contributed by atoms with Gasteiger partial charge in [-0.3, -0.25) is 0 Å². The van der Waals surface area contributed by atoms with E-state index >= 15 is 0 Å². The molecule has 2 aliphatic carbocycles. The molecule has 1 fully saturated rings. The van der Waals surface area contributed by atoms with Crippen molar-refractivity contribution in [2.24, 2.45) is 0 Å². The smallest absolute Gasteiger partial charge is 0.0173 e. The molecule has 0 heterocycles. The SMILES string of the molecule is ISC1=C2CCCC(=C1)C2. The van der Waals surface area contributed by atoms with Crippen molar-refractivity contribution in [1.29, 1.82) is 0 Å². The van der Waals surface area contributed by atoms with Gasteiger partial charge in [0, 0.05) is 26.1 Å². The van der Waals surface area contributed by atoms with Gasteiger partial charge in [0.1, 0.15) is 0 Å². The van der Waals surface area contributed by atoms with Crippen molar-refractivity contribution in [3.63, 3.8) is 0 Å². The Morgan fingerprint density at radius 1 is 1.40 bits per heavy atom. The van der Waals surface area contributed by atoms with Crippen molar-refractivity contribution in [2.45, 2.75) is 25.7 Å². The van der Waals surface area contributed by atoms with Crippen molar-refractivity contribution >= 4 is 30.1 Å². The van der Waals surface area contributed by atoms with E-state index in [1.165, 1.54) is 25.7 Å². The lowest BCUT2D eigenvalue weighted by Gasteiger charge is -2.11. The van der Waals surface area contributed by atoms with Crippen LogP contribution in [0.1, 0.15) is 25.7 Å². The maximum Gasteiger partial charge on any atom is 0.0173 e. The number of fused-ring (bicyclic) bond motifs is 2. The van der Waals surface area contributed by atoms with Crippen LogP contribution in [0.15, 0.2) is 22.1 Å². The van der Waals surface area contributed by atoms with Gasteiger partial charge in [-0.25, -0.2) is 0 Å². The molecular weight excluding hydrogens is 255 g/mol. The van der Waals surface area contributed by atoms with Gasteiger partial charge in [-0.1, -0.05) is 20.1 Å². The third-order valence-corrected chi connectivity index (χ3v) is 4.18. The van der Waals surface area contributed by atoms with Gasteiger partial charge in [-0.2, -0.15) is 0 Å². The molecule has 1 saturated carbocycles. The summed E-state index contributed by atoms with van der Waals surface area (Å²) in [6.45, 7) is 0. The average molecular weight is 264 g/mol. The highest BCUT2D eigenvalue weighted by Gasteiger charge is 2.19. The third-order valence-electron chi connectivity index (χ3n) is 2.18. The zero-order chi connectivity index (χ0) is 6.97. The highest BCUT2D eigenvalue weighted by Crippen LogP contribution is 2.43. The maximum absolute atomic E-state index is 2.39. The zero-order valence-electron chi connectivity index (χ0n) is 5.69. The standard InChI is InChI=1S/C8H9IS/c9-10-8-5-6-2-1-3-7(8)4-6/h5H,1-4H2. The molecule has 0 saturated heterocycles. The molecule has 0 radical (unpaired) electrons. The molecule has 0 N–H and O–H groups in total. The van der Waals surface area contributed by atoms with Gasteiger partial charge in [0.05, 0.1) is 0 Å². The Balaban J connectivity index is 2.29. The molecule has 0 aromatic carbocycles. The molecule has 2 heteroatoms. The lowest BCUT2D eigenvalue weighted by Crippen LogP contribution is -1.91. The van der Waals surface area contributed by atoms with Gasteiger partial charge < -0.3 is 0 Å². The summed E-state index contributed by atoms with van der Waals surface area (Å²) in [5, 5.41) is 0. The van der Waals surface area contributed by atoms with E-state index in [9.17, 15) is 0 Å². The first-order chi connectivity index (χ1) is 4.90. The fourth-order valence-electron chi connectivity index (χ4n) is 1.68. The van der Waals surface area contributed by atoms with Crippen LogP contribution in [0.4, 0.5) is 0 Å². The Morgan fingerprint density at radius 3 is 3.00 bits per heavy atom. The Hall–Kier alpha value is 0.560. The molecule has 0 aromatic rings. The molecular formula is C8H9IS. The summed E-state index contributed by atoms with van der Waals surface area (Å²) in [7, 11) is 1.88. The van der Waals surface area contributed by atoms with Crippen LogP contribution in [0.2, 0.25) is 0 Å². The number of halogens is 1.